The van der Waals surface area contributed by atoms with Crippen LogP contribution in [0.3, 0.4) is 0 Å². The van der Waals surface area contributed by atoms with E-state index in [0.717, 1.165) is 21.6 Å². The number of hydrogen-bond donors (Lipinski definition) is 16. The maximum atomic E-state index is 14.5. The number of rotatable bonds is 14. The van der Waals surface area contributed by atoms with Crippen molar-refractivity contribution < 1.29 is 78.3 Å². The lowest BCUT2D eigenvalue weighted by molar-refractivity contribution is -0.143. The monoisotopic (exact) mass is 1190 g/mol. The van der Waals surface area contributed by atoms with E-state index < -0.39 is 139 Å². The molecule has 82 heavy (non-hydrogen) atoms. The predicted molar refractivity (Wildman–Crippen MR) is 299 cm³/mol. The van der Waals surface area contributed by atoms with Gasteiger partial charge in [-0.1, -0.05) is 59.7 Å². The molecule has 2 aromatic carbocycles. The van der Waals surface area contributed by atoms with Gasteiger partial charge < -0.3 is 90.2 Å². The lowest BCUT2D eigenvalue weighted by Gasteiger charge is -2.29. The number of aliphatic carboxylic acids is 2. The number of hydrogen-bond acceptors (Lipinski definition) is 18. The van der Waals surface area contributed by atoms with Crippen molar-refractivity contribution >= 4 is 92.7 Å². The second-order valence-electron chi connectivity index (χ2n) is 20.0. The summed E-state index contributed by atoms with van der Waals surface area (Å²) in [6.07, 6.45) is -1.38. The number of aliphatic imine (C=N–C) groups is 1. The Morgan fingerprint density at radius 2 is 1.12 bits per heavy atom. The number of nitrogens with zero attached hydrogens (tertiary/aromatic N) is 2. The first-order chi connectivity index (χ1) is 38.8. The molecule has 0 saturated carbocycles. The molecule has 19 N–H and O–H groups in total. The number of aliphatic hydroxyl groups excluding tert-OH is 1. The van der Waals surface area contributed by atoms with E-state index in [1.54, 1.807) is 13.8 Å². The van der Waals surface area contributed by atoms with Crippen LogP contribution < -0.4 is 59.7 Å². The lowest BCUT2D eigenvalue weighted by Crippen LogP contribution is -2.61. The fourth-order valence-corrected chi connectivity index (χ4v) is 10.8. The summed E-state index contributed by atoms with van der Waals surface area (Å²) in [5.74, 6) is -13.2. The number of aromatic hydroxyl groups is 2. The molecule has 10 atom stereocenters. The van der Waals surface area contributed by atoms with Crippen molar-refractivity contribution in [1.82, 2.24) is 47.4 Å². The summed E-state index contributed by atoms with van der Waals surface area (Å²) in [7, 11) is 1.86. The first kappa shape index (κ1) is 66.6. The minimum Gasteiger partial charge on any atom is -0.508 e. The van der Waals surface area contributed by atoms with Crippen molar-refractivity contribution in [2.24, 2.45) is 28.1 Å². The molecule has 29 nitrogen and oxygen atoms in total. The Hall–Kier alpha value is -7.90. The first-order valence-corrected chi connectivity index (χ1v) is 28.7. The number of aliphatic hydroxyl groups is 1. The number of carboxylic acid groups (broad SMARTS) is 2. The molecule has 0 bridgehead atoms. The number of nitrogens with one attached hydrogen (secondary N) is 8. The number of guanidine groups is 1. The standard InChI is InChI=1S/C51H73N13O16S2/c1-25(2)18-33-43(72)61-36(21-40(68)69)46(75)63-38(50(79)80)24-82-81-23-31(52)49(78)64-17-5-7-39(64)48(77)56-26(3)41(70)58-34(19-27-8-12-29(66)13-9-27)45(74)62-37(22-65)47(76)57-32(6-4-16-55-51(53)54)42(71)60-35(44(73)59-33)20-28-10-14-30(67)15-11-28/h8-15,25-26,31-39,65-67H,4-7,16-24,52H2,1-3H3,(H,56,77)(H,57,76)(H,58,70)(H,59,73)(H,60,71)(H,61,72)(H,62,74)(H,63,75)(H,68,69)(H,79,80)(H4,53,54,55)/t26-,31-,32-,33-,34-,35-,36-,37-,38-,39-/m0/s1. The number of carbonyl (C=O) groups is 11. The first-order valence-electron chi connectivity index (χ1n) is 26.2. The Kier molecular flexibility index (Phi) is 26.4. The molecule has 450 valence electrons. The van der Waals surface area contributed by atoms with E-state index in [2.05, 4.69) is 47.5 Å². The number of amides is 9. The van der Waals surface area contributed by atoms with Crippen LogP contribution in [0.15, 0.2) is 53.5 Å². The van der Waals surface area contributed by atoms with Crippen LogP contribution in [0.1, 0.15) is 70.4 Å². The Labute approximate surface area is 479 Å². The molecular weight excluding hydrogens is 1110 g/mol. The summed E-state index contributed by atoms with van der Waals surface area (Å²) < 4.78 is 0. The predicted octanol–water partition coefficient (Wildman–Crippen LogP) is -3.85. The lowest BCUT2D eigenvalue weighted by atomic mass is 10.00. The summed E-state index contributed by atoms with van der Waals surface area (Å²) in [5, 5.41) is 70.0. The van der Waals surface area contributed by atoms with E-state index in [-0.39, 0.29) is 86.5 Å². The maximum absolute atomic E-state index is 14.5. The molecule has 31 heteroatoms. The molecule has 0 unspecified atom stereocenters. The number of nitrogens with two attached hydrogens (primary N) is 3. The highest BCUT2D eigenvalue weighted by Crippen LogP contribution is 2.25. The van der Waals surface area contributed by atoms with Crippen molar-refractivity contribution in [2.45, 2.75) is 133 Å². The van der Waals surface area contributed by atoms with Crippen LogP contribution in [-0.2, 0) is 65.6 Å². The Balaban J connectivity index is 1.77. The Morgan fingerprint density at radius 1 is 0.646 bits per heavy atom. The van der Waals surface area contributed by atoms with Gasteiger partial charge in [0.2, 0.25) is 53.2 Å². The second-order valence-corrected chi connectivity index (χ2v) is 22.5. The zero-order valence-corrected chi connectivity index (χ0v) is 47.0. The molecule has 2 aliphatic heterocycles. The number of carboxylic acids is 2. The highest BCUT2D eigenvalue weighted by molar-refractivity contribution is 8.76. The number of carbonyl (C=O) groups excluding carboxylic acids is 9. The van der Waals surface area contributed by atoms with Crippen molar-refractivity contribution in [3.05, 3.63) is 59.7 Å². The van der Waals surface area contributed by atoms with Gasteiger partial charge in [-0.25, -0.2) is 4.79 Å². The zero-order chi connectivity index (χ0) is 60.8. The third kappa shape index (κ3) is 21.5. The van der Waals surface area contributed by atoms with E-state index in [1.807, 2.05) is 0 Å². The zero-order valence-electron chi connectivity index (χ0n) is 45.3. The van der Waals surface area contributed by atoms with Gasteiger partial charge in [0.05, 0.1) is 19.1 Å². The fourth-order valence-electron chi connectivity index (χ4n) is 8.51. The van der Waals surface area contributed by atoms with Gasteiger partial charge in [0.25, 0.3) is 0 Å². The van der Waals surface area contributed by atoms with Crippen molar-refractivity contribution in [2.75, 3.05) is 31.2 Å². The van der Waals surface area contributed by atoms with Gasteiger partial charge in [0, 0.05) is 37.4 Å². The van der Waals surface area contributed by atoms with Crippen molar-refractivity contribution in [1.29, 1.82) is 0 Å². The van der Waals surface area contributed by atoms with Gasteiger partial charge in [-0.15, -0.1) is 0 Å². The van der Waals surface area contributed by atoms with Crippen molar-refractivity contribution in [3.8, 4) is 11.5 Å². The van der Waals surface area contributed by atoms with Gasteiger partial charge >= 0.3 is 11.9 Å². The average Bonchev–Trinajstić information content (AvgIpc) is 3.92. The molecule has 4 rings (SSSR count). The molecular formula is C51H73N13O16S2. The molecule has 2 saturated heterocycles. The van der Waals surface area contributed by atoms with E-state index in [4.69, 9.17) is 17.2 Å². The van der Waals surface area contributed by atoms with E-state index in [9.17, 15) is 78.3 Å². The maximum Gasteiger partial charge on any atom is 0.327 e. The van der Waals surface area contributed by atoms with Gasteiger partial charge in [0.1, 0.15) is 65.9 Å². The fraction of sp³-hybridized carbons (Fsp3) is 0.529. The molecule has 0 aromatic heterocycles. The van der Waals surface area contributed by atoms with E-state index in [0.29, 0.717) is 17.5 Å². The SMILES string of the molecule is CC(C)C[C@@H]1NC(=O)[C@H](Cc2ccc(O)cc2)NC(=O)[C@H](CCCN=C(N)N)NC(=O)[C@H](CO)NC(=O)[C@H](Cc2ccc(O)cc2)NC(=O)[C@H](C)NC(=O)[C@@H]2CCCN2C(=O)[C@@H](N)CSSC[C@@H](C(=O)O)NC(=O)[C@H](CC(=O)O)NC1=O. The number of benzene rings is 2. The summed E-state index contributed by atoms with van der Waals surface area (Å²) in [6.45, 7) is 3.67. The molecule has 2 heterocycles. The minimum absolute atomic E-state index is 0.0199. The summed E-state index contributed by atoms with van der Waals surface area (Å²) in [6, 6.07) is -4.21. The van der Waals surface area contributed by atoms with Gasteiger partial charge in [-0.3, -0.25) is 52.9 Å². The van der Waals surface area contributed by atoms with E-state index in [1.165, 1.54) is 60.4 Å². The van der Waals surface area contributed by atoms with Crippen LogP contribution in [0.4, 0.5) is 0 Å². The number of phenolic OH excluding ortho intramolecular Hbond substituents is 2. The van der Waals surface area contributed by atoms with Crippen LogP contribution in [0.5, 0.6) is 11.5 Å². The molecule has 0 spiro atoms. The van der Waals surface area contributed by atoms with Crippen LogP contribution in [0.2, 0.25) is 0 Å². The third-order valence-corrected chi connectivity index (χ3v) is 15.3. The van der Waals surface area contributed by atoms with Gasteiger partial charge in [0.15, 0.2) is 5.96 Å². The van der Waals surface area contributed by atoms with E-state index >= 15 is 0 Å². The summed E-state index contributed by atoms with van der Waals surface area (Å²) in [4.78, 5) is 156. The highest BCUT2D eigenvalue weighted by atomic mass is 33.1. The molecule has 2 aliphatic rings. The normalized spacial score (nSPS) is 25.7. The molecule has 2 fully saturated rings. The summed E-state index contributed by atoms with van der Waals surface area (Å²) in [5.41, 5.74) is 18.1. The molecule has 2 aromatic rings. The second kappa shape index (κ2) is 32.5. The van der Waals surface area contributed by atoms with Crippen LogP contribution in [0, 0.1) is 5.92 Å². The number of fused-ring (bicyclic) bond motifs is 1. The molecule has 0 aliphatic carbocycles. The smallest absolute Gasteiger partial charge is 0.327 e. The Morgan fingerprint density at radius 3 is 1.66 bits per heavy atom. The average molecular weight is 1190 g/mol. The summed E-state index contributed by atoms with van der Waals surface area (Å²) >= 11 is 0. The molecule has 0 radical (unpaired) electrons. The largest absolute Gasteiger partial charge is 0.508 e. The quantitative estimate of drug-likeness (QED) is 0.0373. The Bertz CT molecular complexity index is 2630. The van der Waals surface area contributed by atoms with Crippen LogP contribution in [0.25, 0.3) is 0 Å². The topological polar surface area (TPSA) is 479 Å². The van der Waals surface area contributed by atoms with Crippen LogP contribution >= 0.6 is 21.6 Å². The highest BCUT2D eigenvalue weighted by Gasteiger charge is 2.39. The van der Waals surface area contributed by atoms with Crippen molar-refractivity contribution in [3.63, 3.8) is 0 Å². The third-order valence-electron chi connectivity index (χ3n) is 12.9. The molecule has 9 amide bonds. The number of phenols is 2. The van der Waals surface area contributed by atoms with Crippen LogP contribution in [-0.4, -0.2) is 193 Å². The minimum atomic E-state index is -1.90. The van der Waals surface area contributed by atoms with Gasteiger partial charge in [-0.2, -0.15) is 0 Å². The van der Waals surface area contributed by atoms with Gasteiger partial charge in [-0.05, 0) is 80.3 Å².